The summed E-state index contributed by atoms with van der Waals surface area (Å²) in [7, 11) is 0. The molecule has 4 rings (SSSR count). The lowest BCUT2D eigenvalue weighted by molar-refractivity contribution is -0.274. The van der Waals surface area contributed by atoms with Gasteiger partial charge >= 0.3 is 6.36 Å². The van der Waals surface area contributed by atoms with E-state index in [0.717, 1.165) is 22.9 Å². The van der Waals surface area contributed by atoms with Crippen LogP contribution in [0.2, 0.25) is 0 Å². The van der Waals surface area contributed by atoms with Crippen LogP contribution in [-0.4, -0.2) is 32.3 Å². The molecule has 1 fully saturated rings. The van der Waals surface area contributed by atoms with Crippen LogP contribution in [0, 0.1) is 5.82 Å². The second-order valence-corrected chi connectivity index (χ2v) is 9.62. The monoisotopic (exact) mass is 534 g/mol. The summed E-state index contributed by atoms with van der Waals surface area (Å²) in [6.45, 7) is 3.81. The highest BCUT2D eigenvalue weighted by molar-refractivity contribution is 5.84. The van der Waals surface area contributed by atoms with Crippen molar-refractivity contribution in [3.8, 4) is 5.75 Å². The molecule has 0 aliphatic carbocycles. The highest BCUT2D eigenvalue weighted by Gasteiger charge is 2.31. The van der Waals surface area contributed by atoms with Crippen LogP contribution >= 0.6 is 0 Å². The first kappa shape index (κ1) is 28.3. The maximum atomic E-state index is 15.2. The molecule has 0 saturated carbocycles. The van der Waals surface area contributed by atoms with E-state index in [0.29, 0.717) is 43.6 Å². The third-order valence-electron chi connectivity index (χ3n) is 6.64. The number of alkyl halides is 3. The molecule has 206 valence electrons. The molecule has 4 nitrogen and oxygen atoms in total. The first-order valence-corrected chi connectivity index (χ1v) is 13.2. The Bertz CT molecular complexity index is 1160. The zero-order valence-corrected chi connectivity index (χ0v) is 21.6. The Morgan fingerprint density at radius 2 is 1.61 bits per heavy atom. The minimum absolute atomic E-state index is 0.0775. The van der Waals surface area contributed by atoms with Crippen LogP contribution < -0.4 is 4.74 Å². The predicted molar refractivity (Wildman–Crippen MR) is 138 cm³/mol. The third-order valence-corrected chi connectivity index (χ3v) is 6.64. The topological polar surface area (TPSA) is 36.9 Å². The molecular formula is C30H34F4O4. The fraction of sp³-hybridized carbons (Fsp3) is 0.467. The lowest BCUT2D eigenvalue weighted by Crippen LogP contribution is -2.33. The maximum Gasteiger partial charge on any atom is 0.573 e. The van der Waals surface area contributed by atoms with Gasteiger partial charge in [-0.25, -0.2) is 4.39 Å². The van der Waals surface area contributed by atoms with Gasteiger partial charge in [-0.05, 0) is 54.0 Å². The highest BCUT2D eigenvalue weighted by atomic mass is 19.4. The Kier molecular flexibility index (Phi) is 9.99. The van der Waals surface area contributed by atoms with Gasteiger partial charge in [-0.15, -0.1) is 13.2 Å². The number of benzene rings is 3. The Morgan fingerprint density at radius 1 is 0.868 bits per heavy atom. The number of hydrogen-bond donors (Lipinski definition) is 0. The van der Waals surface area contributed by atoms with Gasteiger partial charge in [0.15, 0.2) is 6.29 Å². The van der Waals surface area contributed by atoms with Crippen LogP contribution in [0.5, 0.6) is 5.75 Å². The molecule has 0 amide bonds. The molecule has 0 N–H and O–H groups in total. The van der Waals surface area contributed by atoms with E-state index in [9.17, 15) is 13.2 Å². The fourth-order valence-electron chi connectivity index (χ4n) is 4.56. The fourth-order valence-corrected chi connectivity index (χ4v) is 4.56. The number of ether oxygens (including phenoxy) is 4. The van der Waals surface area contributed by atoms with Gasteiger partial charge in [0.25, 0.3) is 0 Å². The largest absolute Gasteiger partial charge is 0.573 e. The van der Waals surface area contributed by atoms with E-state index in [1.165, 1.54) is 37.8 Å². The van der Waals surface area contributed by atoms with E-state index >= 15 is 4.39 Å². The van der Waals surface area contributed by atoms with E-state index in [-0.39, 0.29) is 17.7 Å². The smallest absolute Gasteiger partial charge is 0.406 e. The zero-order chi connectivity index (χ0) is 27.0. The van der Waals surface area contributed by atoms with Gasteiger partial charge in [-0.3, -0.25) is 0 Å². The summed E-state index contributed by atoms with van der Waals surface area (Å²) in [6.07, 6.45) is 1.51. The van der Waals surface area contributed by atoms with E-state index in [1.807, 2.05) is 18.2 Å². The van der Waals surface area contributed by atoms with Gasteiger partial charge in [0.05, 0.1) is 13.2 Å². The van der Waals surface area contributed by atoms with Crippen LogP contribution in [0.15, 0.2) is 54.6 Å². The maximum absolute atomic E-state index is 15.2. The summed E-state index contributed by atoms with van der Waals surface area (Å²) >= 11 is 0. The molecule has 1 heterocycles. The molecule has 8 heteroatoms. The van der Waals surface area contributed by atoms with E-state index in [2.05, 4.69) is 11.7 Å². The Hall–Kier alpha value is -2.68. The quantitative estimate of drug-likeness (QED) is 0.174. The average molecular weight is 535 g/mol. The van der Waals surface area contributed by atoms with Crippen LogP contribution in [0.25, 0.3) is 10.8 Å². The number of rotatable bonds is 12. The molecular weight excluding hydrogens is 500 g/mol. The van der Waals surface area contributed by atoms with Crippen molar-refractivity contribution in [2.75, 3.05) is 19.8 Å². The third kappa shape index (κ3) is 8.16. The molecule has 0 bridgehead atoms. The van der Waals surface area contributed by atoms with Gasteiger partial charge in [-0.1, -0.05) is 69.0 Å². The average Bonchev–Trinajstić information content (AvgIpc) is 2.90. The second-order valence-electron chi connectivity index (χ2n) is 9.62. The van der Waals surface area contributed by atoms with Gasteiger partial charge < -0.3 is 18.9 Å². The predicted octanol–water partition coefficient (Wildman–Crippen LogP) is 8.06. The summed E-state index contributed by atoms with van der Waals surface area (Å²) in [6, 6.07) is 14.7. The highest BCUT2D eigenvalue weighted by Crippen LogP contribution is 2.30. The van der Waals surface area contributed by atoms with Crippen molar-refractivity contribution in [2.45, 2.75) is 70.6 Å². The number of aryl methyl sites for hydroxylation is 2. The summed E-state index contributed by atoms with van der Waals surface area (Å²) in [5, 5.41) is 1.25. The Balaban J connectivity index is 1.29. The molecule has 0 unspecified atom stereocenters. The molecule has 0 aromatic heterocycles. The van der Waals surface area contributed by atoms with Crippen molar-refractivity contribution >= 4 is 10.8 Å². The number of fused-ring (bicyclic) bond motifs is 1. The molecule has 3 aromatic carbocycles. The standard InChI is InChI=1S/C30H34F4O4/c1-2-3-4-5-6-17-35-26-19-36-29(37-20-26)24-13-16-27-23(18-24)12-11-22(28(27)31)10-7-21-8-14-25(15-9-21)38-30(32,33)34/h8-9,11-16,18,26,29H,2-7,10,17,19-20H2,1H3. The van der Waals surface area contributed by atoms with Crippen LogP contribution in [0.3, 0.4) is 0 Å². The summed E-state index contributed by atoms with van der Waals surface area (Å²) in [5.41, 5.74) is 2.16. The van der Waals surface area contributed by atoms with Crippen molar-refractivity contribution < 1.29 is 36.5 Å². The SMILES string of the molecule is CCCCCCCOC1COC(c2ccc3c(F)c(CCc4ccc(OC(F)(F)F)cc4)ccc3c2)OC1. The Labute approximate surface area is 220 Å². The van der Waals surface area contributed by atoms with Gasteiger partial charge in [-0.2, -0.15) is 0 Å². The summed E-state index contributed by atoms with van der Waals surface area (Å²) in [5.74, 6) is -0.579. The molecule has 0 spiro atoms. The number of unbranched alkanes of at least 4 members (excludes halogenated alkanes) is 4. The van der Waals surface area contributed by atoms with Gasteiger partial charge in [0, 0.05) is 17.6 Å². The van der Waals surface area contributed by atoms with Crippen molar-refractivity contribution in [2.24, 2.45) is 0 Å². The van der Waals surface area contributed by atoms with Crippen molar-refractivity contribution in [3.63, 3.8) is 0 Å². The van der Waals surface area contributed by atoms with Crippen LogP contribution in [0.4, 0.5) is 17.6 Å². The first-order chi connectivity index (χ1) is 18.3. The summed E-state index contributed by atoms with van der Waals surface area (Å²) < 4.78 is 73.8. The van der Waals surface area contributed by atoms with Crippen molar-refractivity contribution in [1.29, 1.82) is 0 Å². The van der Waals surface area contributed by atoms with Crippen molar-refractivity contribution in [1.82, 2.24) is 0 Å². The number of hydrogen-bond acceptors (Lipinski definition) is 4. The lowest BCUT2D eigenvalue weighted by Gasteiger charge is -2.29. The van der Waals surface area contributed by atoms with Gasteiger partial charge in [0.2, 0.25) is 0 Å². The summed E-state index contributed by atoms with van der Waals surface area (Å²) in [4.78, 5) is 0. The molecule has 0 radical (unpaired) electrons. The Morgan fingerprint density at radius 3 is 2.32 bits per heavy atom. The molecule has 1 aliphatic heterocycles. The second kappa shape index (κ2) is 13.4. The van der Waals surface area contributed by atoms with Crippen LogP contribution in [-0.2, 0) is 27.1 Å². The first-order valence-electron chi connectivity index (χ1n) is 13.2. The van der Waals surface area contributed by atoms with E-state index in [4.69, 9.17) is 14.2 Å². The van der Waals surface area contributed by atoms with Gasteiger partial charge in [0.1, 0.15) is 17.7 Å². The molecule has 0 atom stereocenters. The molecule has 38 heavy (non-hydrogen) atoms. The normalized spacial score (nSPS) is 18.1. The number of halogens is 4. The minimum Gasteiger partial charge on any atom is -0.406 e. The minimum atomic E-state index is -4.73. The molecule has 1 aliphatic rings. The van der Waals surface area contributed by atoms with E-state index in [1.54, 1.807) is 24.3 Å². The van der Waals surface area contributed by atoms with Crippen LogP contribution in [0.1, 0.15) is 62.0 Å². The lowest BCUT2D eigenvalue weighted by atomic mass is 9.99. The molecule has 3 aromatic rings. The zero-order valence-electron chi connectivity index (χ0n) is 21.6. The van der Waals surface area contributed by atoms with E-state index < -0.39 is 12.7 Å². The van der Waals surface area contributed by atoms with Crippen molar-refractivity contribution in [3.05, 3.63) is 77.1 Å². The molecule has 1 saturated heterocycles.